The highest BCUT2D eigenvalue weighted by Gasteiger charge is 2.11. The lowest BCUT2D eigenvalue weighted by Crippen LogP contribution is -2.10. The van der Waals surface area contributed by atoms with Crippen LogP contribution in [0.2, 0.25) is 5.02 Å². The molecule has 0 fully saturated rings. The number of benzene rings is 2. The van der Waals surface area contributed by atoms with Crippen molar-refractivity contribution in [2.45, 2.75) is 13.8 Å². The van der Waals surface area contributed by atoms with Gasteiger partial charge in [0.25, 0.3) is 0 Å². The van der Waals surface area contributed by atoms with Gasteiger partial charge < -0.3 is 4.74 Å². The van der Waals surface area contributed by atoms with E-state index < -0.39 is 0 Å². The van der Waals surface area contributed by atoms with Gasteiger partial charge in [-0.25, -0.2) is 4.79 Å². The molecule has 0 aromatic heterocycles. The lowest BCUT2D eigenvalue weighted by atomic mass is 10.1. The van der Waals surface area contributed by atoms with Crippen LogP contribution in [0.4, 0.5) is 0 Å². The van der Waals surface area contributed by atoms with E-state index in [4.69, 9.17) is 16.3 Å². The number of ether oxygens (including phenoxy) is 1. The van der Waals surface area contributed by atoms with Crippen LogP contribution in [0, 0.1) is 13.8 Å². The lowest BCUT2D eigenvalue weighted by Gasteiger charge is -2.07. The lowest BCUT2D eigenvalue weighted by molar-refractivity contribution is 0.0734. The number of halogens is 1. The third kappa shape index (κ3) is 2.71. The maximum absolute atomic E-state index is 12.0. The molecule has 0 N–H and O–H groups in total. The Morgan fingerprint density at radius 2 is 1.78 bits per heavy atom. The maximum Gasteiger partial charge on any atom is 0.343 e. The summed E-state index contributed by atoms with van der Waals surface area (Å²) in [4.78, 5) is 12.0. The van der Waals surface area contributed by atoms with Gasteiger partial charge in [-0.15, -0.1) is 0 Å². The van der Waals surface area contributed by atoms with E-state index in [9.17, 15) is 4.79 Å². The first kappa shape index (κ1) is 12.7. The van der Waals surface area contributed by atoms with Crippen LogP contribution in [0.15, 0.2) is 42.5 Å². The number of hydrogen-bond acceptors (Lipinski definition) is 2. The van der Waals surface area contributed by atoms with Gasteiger partial charge >= 0.3 is 5.97 Å². The molecule has 0 aliphatic heterocycles. The monoisotopic (exact) mass is 260 g/mol. The average Bonchev–Trinajstić information content (AvgIpc) is 2.34. The largest absolute Gasteiger partial charge is 0.423 e. The quantitative estimate of drug-likeness (QED) is 0.598. The van der Waals surface area contributed by atoms with E-state index in [1.807, 2.05) is 32.0 Å². The van der Waals surface area contributed by atoms with Gasteiger partial charge in [0.05, 0.1) is 5.56 Å². The first-order chi connectivity index (χ1) is 8.58. The van der Waals surface area contributed by atoms with Crippen molar-refractivity contribution in [2.24, 2.45) is 0 Å². The Kier molecular flexibility index (Phi) is 3.68. The van der Waals surface area contributed by atoms with Crippen LogP contribution in [0.5, 0.6) is 5.75 Å². The molecule has 2 aromatic rings. The van der Waals surface area contributed by atoms with Crippen molar-refractivity contribution in [1.29, 1.82) is 0 Å². The van der Waals surface area contributed by atoms with Crippen LogP contribution in [0.25, 0.3) is 0 Å². The first-order valence-corrected chi connectivity index (χ1v) is 5.99. The van der Waals surface area contributed by atoms with E-state index in [0.717, 1.165) is 11.1 Å². The molecule has 0 bridgehead atoms. The van der Waals surface area contributed by atoms with Gasteiger partial charge in [0.1, 0.15) is 5.75 Å². The van der Waals surface area contributed by atoms with Gasteiger partial charge in [0.15, 0.2) is 0 Å². The number of carbonyl (C=O) groups excluding carboxylic acids is 1. The molecule has 18 heavy (non-hydrogen) atoms. The first-order valence-electron chi connectivity index (χ1n) is 5.62. The molecule has 2 rings (SSSR count). The van der Waals surface area contributed by atoms with Crippen molar-refractivity contribution >= 4 is 17.6 Å². The Hall–Kier alpha value is -1.80. The summed E-state index contributed by atoms with van der Waals surface area (Å²) >= 11 is 5.92. The highest BCUT2D eigenvalue weighted by Crippen LogP contribution is 2.22. The van der Waals surface area contributed by atoms with Crippen molar-refractivity contribution < 1.29 is 9.53 Å². The molecule has 3 heteroatoms. The summed E-state index contributed by atoms with van der Waals surface area (Å²) < 4.78 is 5.32. The Bertz CT molecular complexity index is 591. The Balaban J connectivity index is 2.22. The molecule has 0 saturated heterocycles. The molecular formula is C15H13ClO2. The summed E-state index contributed by atoms with van der Waals surface area (Å²) in [5.74, 6) is 0.153. The van der Waals surface area contributed by atoms with Crippen LogP contribution in [-0.4, -0.2) is 5.97 Å². The summed E-state index contributed by atoms with van der Waals surface area (Å²) in [6.45, 7) is 3.75. The van der Waals surface area contributed by atoms with E-state index in [1.165, 1.54) is 0 Å². The Morgan fingerprint density at radius 1 is 1.06 bits per heavy atom. The molecule has 2 aromatic carbocycles. The molecule has 0 amide bonds. The third-order valence-corrected chi connectivity index (χ3v) is 3.13. The zero-order chi connectivity index (χ0) is 13.1. The molecule has 2 nitrogen and oxygen atoms in total. The number of rotatable bonds is 2. The normalized spacial score (nSPS) is 10.2. The number of esters is 1. The molecule has 0 aliphatic rings. The summed E-state index contributed by atoms with van der Waals surface area (Å²) in [5.41, 5.74) is 2.35. The van der Waals surface area contributed by atoms with Gasteiger partial charge in [-0.1, -0.05) is 29.8 Å². The maximum atomic E-state index is 12.0. The van der Waals surface area contributed by atoms with Crippen LogP contribution >= 0.6 is 11.6 Å². The van der Waals surface area contributed by atoms with Crippen LogP contribution in [0.1, 0.15) is 21.5 Å². The van der Waals surface area contributed by atoms with Crippen molar-refractivity contribution in [3.63, 3.8) is 0 Å². The minimum absolute atomic E-state index is 0.352. The molecule has 92 valence electrons. The second-order valence-electron chi connectivity index (χ2n) is 4.12. The van der Waals surface area contributed by atoms with Gasteiger partial charge in [0.2, 0.25) is 0 Å². The van der Waals surface area contributed by atoms with Gasteiger partial charge in [-0.05, 0) is 49.2 Å². The molecule has 0 atom stereocenters. The zero-order valence-electron chi connectivity index (χ0n) is 10.2. The molecule has 0 saturated carbocycles. The third-order valence-electron chi connectivity index (χ3n) is 2.70. The molecule has 0 radical (unpaired) electrons. The van der Waals surface area contributed by atoms with Crippen LogP contribution in [-0.2, 0) is 0 Å². The number of aryl methyl sites for hydroxylation is 2. The second kappa shape index (κ2) is 5.23. The fourth-order valence-corrected chi connectivity index (χ4v) is 1.76. The summed E-state index contributed by atoms with van der Waals surface area (Å²) in [5, 5.41) is 0.658. The van der Waals surface area contributed by atoms with Crippen molar-refractivity contribution in [2.75, 3.05) is 0 Å². The summed E-state index contributed by atoms with van der Waals surface area (Å²) in [6, 6.07) is 12.5. The standard InChI is InChI=1S/C15H13ClO2/c1-10-5-3-4-6-13(10)15(17)18-12-7-8-14(16)11(2)9-12/h3-9H,1-2H3. The molecule has 0 unspecified atom stereocenters. The SMILES string of the molecule is Cc1cc(OC(=O)c2ccccc2C)ccc1Cl. The Labute approximate surface area is 111 Å². The smallest absolute Gasteiger partial charge is 0.343 e. The highest BCUT2D eigenvalue weighted by molar-refractivity contribution is 6.31. The minimum Gasteiger partial charge on any atom is -0.423 e. The summed E-state index contributed by atoms with van der Waals surface area (Å²) in [6.07, 6.45) is 0. The predicted octanol–water partition coefficient (Wildman–Crippen LogP) is 4.18. The zero-order valence-corrected chi connectivity index (χ0v) is 11.0. The highest BCUT2D eigenvalue weighted by atomic mass is 35.5. The fraction of sp³-hybridized carbons (Fsp3) is 0.133. The number of carbonyl (C=O) groups is 1. The van der Waals surface area contributed by atoms with Gasteiger partial charge in [0, 0.05) is 5.02 Å². The van der Waals surface area contributed by atoms with Crippen molar-refractivity contribution in [3.05, 3.63) is 64.2 Å². The fourth-order valence-electron chi connectivity index (χ4n) is 1.64. The molecule has 0 heterocycles. The predicted molar refractivity (Wildman–Crippen MR) is 72.3 cm³/mol. The molecule has 0 spiro atoms. The Morgan fingerprint density at radius 3 is 2.44 bits per heavy atom. The topological polar surface area (TPSA) is 26.3 Å². The van der Waals surface area contributed by atoms with E-state index in [1.54, 1.807) is 24.3 Å². The molecule has 0 aliphatic carbocycles. The van der Waals surface area contributed by atoms with E-state index in [0.29, 0.717) is 16.3 Å². The van der Waals surface area contributed by atoms with E-state index in [-0.39, 0.29) is 5.97 Å². The average molecular weight is 261 g/mol. The van der Waals surface area contributed by atoms with Gasteiger partial charge in [-0.2, -0.15) is 0 Å². The number of hydrogen-bond donors (Lipinski definition) is 0. The second-order valence-corrected chi connectivity index (χ2v) is 4.52. The van der Waals surface area contributed by atoms with E-state index >= 15 is 0 Å². The summed E-state index contributed by atoms with van der Waals surface area (Å²) in [7, 11) is 0. The van der Waals surface area contributed by atoms with E-state index in [2.05, 4.69) is 0 Å². The van der Waals surface area contributed by atoms with Crippen LogP contribution in [0.3, 0.4) is 0 Å². The van der Waals surface area contributed by atoms with Crippen molar-refractivity contribution in [3.8, 4) is 5.75 Å². The molecular weight excluding hydrogens is 248 g/mol. The van der Waals surface area contributed by atoms with Gasteiger partial charge in [-0.3, -0.25) is 0 Å². The van der Waals surface area contributed by atoms with Crippen molar-refractivity contribution in [1.82, 2.24) is 0 Å². The van der Waals surface area contributed by atoms with Crippen LogP contribution < -0.4 is 4.74 Å². The minimum atomic E-state index is -0.352.